The number of allylic oxidation sites excluding steroid dienone is 2. The van der Waals surface area contributed by atoms with Crippen LogP contribution in [0.1, 0.15) is 40.5 Å². The van der Waals surface area contributed by atoms with E-state index in [2.05, 4.69) is 0 Å². The van der Waals surface area contributed by atoms with Crippen LogP contribution in [0.15, 0.2) is 11.4 Å². The summed E-state index contributed by atoms with van der Waals surface area (Å²) in [5.41, 5.74) is 0.956. The highest BCUT2D eigenvalue weighted by atomic mass is 19.1. The smallest absolute Gasteiger partial charge is 0.102 e. The molecule has 1 heteroatoms. The summed E-state index contributed by atoms with van der Waals surface area (Å²) in [6.07, 6.45) is 1.98. The van der Waals surface area contributed by atoms with Crippen LogP contribution in [0.4, 0.5) is 4.39 Å². The lowest BCUT2D eigenvalue weighted by atomic mass is 10.1. The first-order valence-electron chi connectivity index (χ1n) is 4.07. The lowest BCUT2D eigenvalue weighted by Crippen LogP contribution is -1.84. The summed E-state index contributed by atoms with van der Waals surface area (Å²) in [5, 5.41) is 0. The topological polar surface area (TPSA) is 0 Å². The van der Waals surface area contributed by atoms with Crippen molar-refractivity contribution in [1.82, 2.24) is 0 Å². The highest BCUT2D eigenvalue weighted by molar-refractivity contribution is 5.13. The summed E-state index contributed by atoms with van der Waals surface area (Å²) in [5.74, 6) is 0.333. The van der Waals surface area contributed by atoms with Crippen LogP contribution in [0.25, 0.3) is 0 Å². The van der Waals surface area contributed by atoms with Crippen molar-refractivity contribution < 1.29 is 4.39 Å². The van der Waals surface area contributed by atoms with Gasteiger partial charge in [0.05, 0.1) is 0 Å². The second-order valence-electron chi connectivity index (χ2n) is 2.57. The molecule has 0 bridgehead atoms. The maximum Gasteiger partial charge on any atom is 0.102 e. The summed E-state index contributed by atoms with van der Waals surface area (Å²) >= 11 is 0. The van der Waals surface area contributed by atoms with E-state index in [1.54, 1.807) is 0 Å². The van der Waals surface area contributed by atoms with Crippen molar-refractivity contribution >= 4 is 0 Å². The van der Waals surface area contributed by atoms with Gasteiger partial charge in [0.2, 0.25) is 0 Å². The molecule has 0 aromatic rings. The largest absolute Gasteiger partial charge is 0.212 e. The minimum atomic E-state index is 0.130. The van der Waals surface area contributed by atoms with Crippen LogP contribution in [0.3, 0.4) is 0 Å². The zero-order valence-electron chi connectivity index (χ0n) is 7.37. The van der Waals surface area contributed by atoms with E-state index >= 15 is 0 Å². The molecule has 0 N–H and O–H groups in total. The lowest BCUT2D eigenvalue weighted by Gasteiger charge is -1.95. The highest BCUT2D eigenvalue weighted by Gasteiger charge is 2.17. The molecular formula is C9H17F. The van der Waals surface area contributed by atoms with Crippen LogP contribution in [-0.2, 0) is 0 Å². The molecule has 0 saturated carbocycles. The maximum atomic E-state index is 12.6. The first-order valence-corrected chi connectivity index (χ1v) is 4.07. The molecule has 1 aliphatic rings. The van der Waals surface area contributed by atoms with Crippen LogP contribution >= 0.6 is 0 Å². The zero-order chi connectivity index (χ0) is 8.15. The molecule has 0 spiro atoms. The molecule has 0 nitrogen and oxygen atoms in total. The molecule has 0 aromatic carbocycles. The second-order valence-corrected chi connectivity index (χ2v) is 2.57. The Morgan fingerprint density at radius 1 is 1.40 bits per heavy atom. The Balaban J connectivity index is 0.000000371. The zero-order valence-corrected chi connectivity index (χ0v) is 7.37. The van der Waals surface area contributed by atoms with Crippen molar-refractivity contribution in [3.8, 4) is 0 Å². The van der Waals surface area contributed by atoms with Gasteiger partial charge < -0.3 is 0 Å². The van der Waals surface area contributed by atoms with E-state index in [1.165, 1.54) is 0 Å². The summed E-state index contributed by atoms with van der Waals surface area (Å²) in [4.78, 5) is 0. The molecule has 0 fully saturated rings. The Labute approximate surface area is 63.1 Å². The SMILES string of the molecule is CC.CC1=C(F)C(C)CC1. The van der Waals surface area contributed by atoms with Crippen LogP contribution in [0.5, 0.6) is 0 Å². The van der Waals surface area contributed by atoms with Gasteiger partial charge in [-0.2, -0.15) is 0 Å². The van der Waals surface area contributed by atoms with Gasteiger partial charge in [-0.25, -0.2) is 4.39 Å². The predicted octanol–water partition coefficient (Wildman–Crippen LogP) is 3.69. The number of hydrogen-bond acceptors (Lipinski definition) is 0. The quantitative estimate of drug-likeness (QED) is 0.486. The van der Waals surface area contributed by atoms with E-state index in [4.69, 9.17) is 0 Å². The van der Waals surface area contributed by atoms with Crippen LogP contribution in [-0.4, -0.2) is 0 Å². The van der Waals surface area contributed by atoms with Crippen molar-refractivity contribution in [3.05, 3.63) is 11.4 Å². The average molecular weight is 144 g/mol. The van der Waals surface area contributed by atoms with Crippen molar-refractivity contribution in [2.24, 2.45) is 5.92 Å². The van der Waals surface area contributed by atoms with Crippen LogP contribution in [0.2, 0.25) is 0 Å². The summed E-state index contributed by atoms with van der Waals surface area (Å²) in [7, 11) is 0. The van der Waals surface area contributed by atoms with Gasteiger partial charge in [-0.1, -0.05) is 20.8 Å². The van der Waals surface area contributed by atoms with E-state index < -0.39 is 0 Å². The van der Waals surface area contributed by atoms with Gasteiger partial charge >= 0.3 is 0 Å². The van der Waals surface area contributed by atoms with Gasteiger partial charge in [0.25, 0.3) is 0 Å². The molecule has 10 heavy (non-hydrogen) atoms. The van der Waals surface area contributed by atoms with Gasteiger partial charge in [0, 0.05) is 5.92 Å². The molecule has 1 atom stereocenters. The van der Waals surface area contributed by atoms with Gasteiger partial charge in [-0.05, 0) is 25.3 Å². The third-order valence-electron chi connectivity index (χ3n) is 1.79. The fraction of sp³-hybridized carbons (Fsp3) is 0.778. The third-order valence-corrected chi connectivity index (χ3v) is 1.79. The fourth-order valence-electron chi connectivity index (χ4n) is 1.10. The molecule has 0 heterocycles. The Morgan fingerprint density at radius 2 is 1.90 bits per heavy atom. The highest BCUT2D eigenvalue weighted by Crippen LogP contribution is 2.31. The Morgan fingerprint density at radius 3 is 2.00 bits per heavy atom. The lowest BCUT2D eigenvalue weighted by molar-refractivity contribution is 0.504. The number of halogens is 1. The Kier molecular flexibility index (Phi) is 4.33. The van der Waals surface area contributed by atoms with Crippen LogP contribution < -0.4 is 0 Å². The molecule has 0 aromatic heterocycles. The molecule has 1 rings (SSSR count). The van der Waals surface area contributed by atoms with E-state index in [-0.39, 0.29) is 11.7 Å². The summed E-state index contributed by atoms with van der Waals surface area (Å²) in [6, 6.07) is 0. The second kappa shape index (κ2) is 4.48. The minimum absolute atomic E-state index is 0.130. The van der Waals surface area contributed by atoms with Gasteiger partial charge in [-0.3, -0.25) is 0 Å². The minimum Gasteiger partial charge on any atom is -0.212 e. The van der Waals surface area contributed by atoms with E-state index in [0.29, 0.717) is 0 Å². The average Bonchev–Trinajstić information content (AvgIpc) is 2.25. The molecule has 0 amide bonds. The maximum absolute atomic E-state index is 12.6. The third kappa shape index (κ3) is 2.13. The molecule has 0 saturated heterocycles. The van der Waals surface area contributed by atoms with E-state index in [1.807, 2.05) is 27.7 Å². The summed E-state index contributed by atoms with van der Waals surface area (Å²) in [6.45, 7) is 7.81. The normalized spacial score (nSPS) is 24.3. The fourth-order valence-corrected chi connectivity index (χ4v) is 1.10. The van der Waals surface area contributed by atoms with E-state index in [9.17, 15) is 4.39 Å². The Hall–Kier alpha value is -0.330. The molecule has 0 aliphatic heterocycles. The molecule has 60 valence electrons. The standard InChI is InChI=1S/C7H11F.C2H6/c1-5-3-4-6(2)7(5)8;1-2/h5H,3-4H2,1-2H3;1-2H3. The van der Waals surface area contributed by atoms with Crippen molar-refractivity contribution in [1.29, 1.82) is 0 Å². The van der Waals surface area contributed by atoms with Gasteiger partial charge in [-0.15, -0.1) is 0 Å². The molecule has 0 radical (unpaired) electrons. The van der Waals surface area contributed by atoms with Crippen molar-refractivity contribution in [3.63, 3.8) is 0 Å². The van der Waals surface area contributed by atoms with Gasteiger partial charge in [0.15, 0.2) is 0 Å². The van der Waals surface area contributed by atoms with Gasteiger partial charge in [0.1, 0.15) is 5.83 Å². The predicted molar refractivity (Wildman–Crippen MR) is 43.6 cm³/mol. The first-order chi connectivity index (χ1) is 4.72. The number of rotatable bonds is 0. The monoisotopic (exact) mass is 144 g/mol. The summed E-state index contributed by atoms with van der Waals surface area (Å²) < 4.78 is 12.6. The van der Waals surface area contributed by atoms with Crippen molar-refractivity contribution in [2.75, 3.05) is 0 Å². The Bertz CT molecular complexity index is 125. The molecule has 1 aliphatic carbocycles. The molecular weight excluding hydrogens is 127 g/mol. The van der Waals surface area contributed by atoms with Crippen molar-refractivity contribution in [2.45, 2.75) is 40.5 Å². The first kappa shape index (κ1) is 9.67. The van der Waals surface area contributed by atoms with Crippen LogP contribution in [0, 0.1) is 5.92 Å². The number of hydrogen-bond donors (Lipinski definition) is 0. The molecule has 1 unspecified atom stereocenters. The van der Waals surface area contributed by atoms with E-state index in [0.717, 1.165) is 18.4 Å².